The maximum atomic E-state index is 12.7. The zero-order chi connectivity index (χ0) is 19.7. The van der Waals surface area contributed by atoms with Crippen molar-refractivity contribution < 1.29 is 9.32 Å². The molecule has 1 amide bonds. The summed E-state index contributed by atoms with van der Waals surface area (Å²) in [6, 6.07) is 0. The van der Waals surface area contributed by atoms with Crippen LogP contribution in [0.4, 0.5) is 5.82 Å². The summed E-state index contributed by atoms with van der Waals surface area (Å²) in [6.45, 7) is 6.38. The maximum absolute atomic E-state index is 12.7. The molecule has 0 spiro atoms. The number of amides is 1. The molecule has 4 heterocycles. The second-order valence-electron chi connectivity index (χ2n) is 7.91. The van der Waals surface area contributed by atoms with Gasteiger partial charge < -0.3 is 14.3 Å². The molecule has 150 valence electrons. The van der Waals surface area contributed by atoms with Crippen LogP contribution in [0.1, 0.15) is 60.4 Å². The highest BCUT2D eigenvalue weighted by molar-refractivity contribution is 5.76. The number of aromatic nitrogens is 4. The van der Waals surface area contributed by atoms with E-state index < -0.39 is 0 Å². The molecule has 2 aromatic heterocycles. The highest BCUT2D eigenvalue weighted by Gasteiger charge is 2.29. The number of fused-ring (bicyclic) bond motifs is 1. The van der Waals surface area contributed by atoms with Crippen LogP contribution in [0.15, 0.2) is 4.52 Å². The molecule has 8 nitrogen and oxygen atoms in total. The van der Waals surface area contributed by atoms with E-state index in [4.69, 9.17) is 14.5 Å². The Labute approximate surface area is 165 Å². The lowest BCUT2D eigenvalue weighted by molar-refractivity contribution is -0.132. The van der Waals surface area contributed by atoms with Gasteiger partial charge in [0.15, 0.2) is 5.82 Å². The van der Waals surface area contributed by atoms with Crippen molar-refractivity contribution in [3.05, 3.63) is 28.8 Å². The predicted octanol–water partition coefficient (Wildman–Crippen LogP) is 2.20. The Hall–Kier alpha value is -2.51. The van der Waals surface area contributed by atoms with Crippen LogP contribution < -0.4 is 4.90 Å². The summed E-state index contributed by atoms with van der Waals surface area (Å²) in [7, 11) is 2.10. The van der Waals surface area contributed by atoms with Crippen LogP contribution in [0.25, 0.3) is 0 Å². The molecule has 0 N–H and O–H groups in total. The molecule has 1 saturated heterocycles. The molecule has 0 aromatic carbocycles. The second-order valence-corrected chi connectivity index (χ2v) is 7.91. The zero-order valence-corrected chi connectivity index (χ0v) is 16.9. The van der Waals surface area contributed by atoms with Gasteiger partial charge in [0.05, 0.1) is 0 Å². The topological polar surface area (TPSA) is 88.2 Å². The van der Waals surface area contributed by atoms with Crippen LogP contribution in [0, 0.1) is 13.8 Å². The number of carbonyl (C=O) groups excluding carboxylic acids is 1. The molecule has 1 atom stereocenters. The summed E-state index contributed by atoms with van der Waals surface area (Å²) in [5.41, 5.74) is 2.36. The molecule has 2 aliphatic heterocycles. The molecule has 0 saturated carbocycles. The Morgan fingerprint density at radius 3 is 2.82 bits per heavy atom. The van der Waals surface area contributed by atoms with Gasteiger partial charge in [-0.3, -0.25) is 4.79 Å². The average Bonchev–Trinajstić information content (AvgIpc) is 3.12. The van der Waals surface area contributed by atoms with Crippen molar-refractivity contribution in [1.82, 2.24) is 25.0 Å². The molecule has 2 aliphatic rings. The van der Waals surface area contributed by atoms with Crippen molar-refractivity contribution >= 4 is 11.7 Å². The quantitative estimate of drug-likeness (QED) is 0.798. The fourth-order valence-electron chi connectivity index (χ4n) is 4.22. The van der Waals surface area contributed by atoms with Gasteiger partial charge in [-0.15, -0.1) is 0 Å². The number of hydrogen-bond donors (Lipinski definition) is 0. The van der Waals surface area contributed by atoms with Crippen molar-refractivity contribution in [3.8, 4) is 0 Å². The van der Waals surface area contributed by atoms with E-state index in [0.29, 0.717) is 31.1 Å². The first-order valence-electron chi connectivity index (χ1n) is 10.2. The summed E-state index contributed by atoms with van der Waals surface area (Å²) in [6.07, 6.45) is 5.08. The van der Waals surface area contributed by atoms with E-state index in [0.717, 1.165) is 56.1 Å². The third-order valence-electron chi connectivity index (χ3n) is 5.75. The summed E-state index contributed by atoms with van der Waals surface area (Å²) in [4.78, 5) is 30.8. The van der Waals surface area contributed by atoms with Crippen LogP contribution in [0.2, 0.25) is 0 Å². The van der Waals surface area contributed by atoms with Gasteiger partial charge in [-0.1, -0.05) is 5.16 Å². The van der Waals surface area contributed by atoms with Crippen molar-refractivity contribution in [2.24, 2.45) is 0 Å². The highest BCUT2D eigenvalue weighted by atomic mass is 16.5. The molecule has 1 fully saturated rings. The fourth-order valence-corrected chi connectivity index (χ4v) is 4.22. The average molecular weight is 384 g/mol. The van der Waals surface area contributed by atoms with E-state index in [1.807, 2.05) is 4.90 Å². The predicted molar refractivity (Wildman–Crippen MR) is 104 cm³/mol. The summed E-state index contributed by atoms with van der Waals surface area (Å²) in [5.74, 6) is 3.41. The minimum atomic E-state index is 0.132. The Kier molecular flexibility index (Phi) is 5.28. The molecule has 28 heavy (non-hydrogen) atoms. The Morgan fingerprint density at radius 2 is 2.04 bits per heavy atom. The summed E-state index contributed by atoms with van der Waals surface area (Å²) < 4.78 is 5.11. The van der Waals surface area contributed by atoms with Gasteiger partial charge in [0.2, 0.25) is 11.8 Å². The first-order chi connectivity index (χ1) is 13.5. The summed E-state index contributed by atoms with van der Waals surface area (Å²) in [5, 5.41) is 3.78. The van der Waals surface area contributed by atoms with E-state index >= 15 is 0 Å². The van der Waals surface area contributed by atoms with E-state index in [1.54, 1.807) is 6.92 Å². The van der Waals surface area contributed by atoms with Gasteiger partial charge in [-0.25, -0.2) is 9.97 Å². The number of aryl methyl sites for hydroxylation is 3. The first kappa shape index (κ1) is 18.8. The lowest BCUT2D eigenvalue weighted by Gasteiger charge is -2.33. The van der Waals surface area contributed by atoms with Gasteiger partial charge in [0.1, 0.15) is 11.6 Å². The Balaban J connectivity index is 1.44. The minimum absolute atomic E-state index is 0.132. The Bertz CT molecular complexity index is 864. The molecule has 0 radical (unpaired) electrons. The smallest absolute Gasteiger partial charge is 0.227 e. The number of nitrogens with zero attached hydrogens (tertiary/aromatic N) is 6. The van der Waals surface area contributed by atoms with Crippen molar-refractivity contribution in [2.75, 3.05) is 31.6 Å². The monoisotopic (exact) mass is 384 g/mol. The van der Waals surface area contributed by atoms with Gasteiger partial charge in [0, 0.05) is 56.7 Å². The van der Waals surface area contributed by atoms with Crippen molar-refractivity contribution in [2.45, 2.75) is 58.3 Å². The van der Waals surface area contributed by atoms with E-state index in [1.165, 1.54) is 5.56 Å². The Morgan fingerprint density at radius 1 is 1.18 bits per heavy atom. The highest BCUT2D eigenvalue weighted by Crippen LogP contribution is 2.31. The molecule has 2 aromatic rings. The third kappa shape index (κ3) is 3.86. The van der Waals surface area contributed by atoms with Crippen LogP contribution in [0.5, 0.6) is 0 Å². The van der Waals surface area contributed by atoms with Gasteiger partial charge >= 0.3 is 0 Å². The number of likely N-dealkylation sites (tertiary alicyclic amines) is 1. The van der Waals surface area contributed by atoms with E-state index in [9.17, 15) is 4.79 Å². The standard InChI is InChI=1S/C20H28N6O2/c1-13-16-7-5-10-25(3)20(16)23-19(21-13)15-6-4-11-26(12-15)18(27)9-8-17-22-14(2)24-28-17/h15H,4-12H2,1-3H3. The van der Waals surface area contributed by atoms with E-state index in [-0.39, 0.29) is 11.8 Å². The number of piperidine rings is 1. The largest absolute Gasteiger partial charge is 0.359 e. The molecule has 1 unspecified atom stereocenters. The second kappa shape index (κ2) is 7.85. The number of hydrogen-bond acceptors (Lipinski definition) is 7. The minimum Gasteiger partial charge on any atom is -0.359 e. The van der Waals surface area contributed by atoms with E-state index in [2.05, 4.69) is 29.0 Å². The fraction of sp³-hybridized carbons (Fsp3) is 0.650. The first-order valence-corrected chi connectivity index (χ1v) is 10.2. The SMILES string of the molecule is Cc1noc(CCC(=O)N2CCCC(c3nc(C)c4c(n3)N(C)CCC4)C2)n1. The molecule has 4 rings (SSSR count). The lowest BCUT2D eigenvalue weighted by Crippen LogP contribution is -2.40. The molecule has 8 heteroatoms. The molecule has 0 aliphatic carbocycles. The van der Waals surface area contributed by atoms with Crippen molar-refractivity contribution in [1.29, 1.82) is 0 Å². The van der Waals surface area contributed by atoms with Crippen LogP contribution >= 0.6 is 0 Å². The maximum Gasteiger partial charge on any atom is 0.227 e. The lowest BCUT2D eigenvalue weighted by atomic mass is 9.95. The number of carbonyl (C=O) groups is 1. The van der Waals surface area contributed by atoms with Gasteiger partial charge in [-0.2, -0.15) is 4.98 Å². The molecular weight excluding hydrogens is 356 g/mol. The molecular formula is C20H28N6O2. The van der Waals surface area contributed by atoms with Gasteiger partial charge in [0.25, 0.3) is 0 Å². The molecule has 0 bridgehead atoms. The third-order valence-corrected chi connectivity index (χ3v) is 5.75. The summed E-state index contributed by atoms with van der Waals surface area (Å²) >= 11 is 0. The van der Waals surface area contributed by atoms with Crippen LogP contribution in [-0.4, -0.2) is 57.6 Å². The normalized spacial score (nSPS) is 19.6. The van der Waals surface area contributed by atoms with Crippen LogP contribution in [0.3, 0.4) is 0 Å². The van der Waals surface area contributed by atoms with Crippen LogP contribution in [-0.2, 0) is 17.6 Å². The number of rotatable bonds is 4. The van der Waals surface area contributed by atoms with Crippen molar-refractivity contribution in [3.63, 3.8) is 0 Å². The zero-order valence-electron chi connectivity index (χ0n) is 16.9. The van der Waals surface area contributed by atoms with Gasteiger partial charge in [-0.05, 0) is 39.5 Å². The number of anilines is 1.